The van der Waals surface area contributed by atoms with E-state index in [-0.39, 0.29) is 0 Å². The third kappa shape index (κ3) is 3.33. The van der Waals surface area contributed by atoms with Gasteiger partial charge in [0.25, 0.3) is 0 Å². The quantitative estimate of drug-likeness (QED) is 0.556. The molecule has 1 fully saturated rings. The van der Waals surface area contributed by atoms with Gasteiger partial charge < -0.3 is 9.88 Å². The van der Waals surface area contributed by atoms with Crippen molar-refractivity contribution in [3.8, 4) is 0 Å². The molecule has 0 spiro atoms. The van der Waals surface area contributed by atoms with Crippen LogP contribution in [0.3, 0.4) is 0 Å². The molecule has 0 aliphatic carbocycles. The van der Waals surface area contributed by atoms with Gasteiger partial charge in [0, 0.05) is 23.1 Å². The average Bonchev–Trinajstić information content (AvgIpc) is 2.97. The van der Waals surface area contributed by atoms with E-state index in [2.05, 4.69) is 26.2 Å². The predicted molar refractivity (Wildman–Crippen MR) is 93.9 cm³/mol. The highest BCUT2D eigenvalue weighted by atomic mass is 32.2. The monoisotopic (exact) mass is 328 g/mol. The molecule has 0 bridgehead atoms. The third-order valence-corrected chi connectivity index (χ3v) is 5.49. The summed E-state index contributed by atoms with van der Waals surface area (Å²) in [6, 6.07) is 8.14. The zero-order chi connectivity index (χ0) is 15.5. The molecule has 3 heterocycles. The first kappa shape index (κ1) is 14.9. The molecule has 0 radical (unpaired) electrons. The number of likely N-dealkylation sites (tertiary alicyclic amines) is 1. The fourth-order valence-electron chi connectivity index (χ4n) is 3.35. The minimum Gasteiger partial charge on any atom is -0.338 e. The maximum Gasteiger partial charge on any atom is 0.211 e. The number of rotatable bonds is 5. The second kappa shape index (κ2) is 6.84. The number of piperidine rings is 1. The second-order valence-electron chi connectivity index (χ2n) is 6.22. The molecule has 2 aromatic heterocycles. The Balaban J connectivity index is 1.38. The van der Waals surface area contributed by atoms with Crippen LogP contribution in [-0.2, 0) is 0 Å². The summed E-state index contributed by atoms with van der Waals surface area (Å²) in [4.78, 5) is 9.72. The lowest BCUT2D eigenvalue weighted by Gasteiger charge is -2.23. The first-order chi connectivity index (χ1) is 11.4. The molecule has 4 rings (SSSR count). The highest BCUT2D eigenvalue weighted by Crippen LogP contribution is 2.23. The van der Waals surface area contributed by atoms with Crippen LogP contribution in [0.4, 0.5) is 0 Å². The van der Waals surface area contributed by atoms with Crippen LogP contribution in [0.5, 0.6) is 0 Å². The van der Waals surface area contributed by atoms with Gasteiger partial charge in [0.2, 0.25) is 5.16 Å². The van der Waals surface area contributed by atoms with Gasteiger partial charge in [-0.25, -0.2) is 4.98 Å². The molecule has 1 saturated heterocycles. The van der Waals surface area contributed by atoms with Gasteiger partial charge in [0.15, 0.2) is 5.65 Å². The summed E-state index contributed by atoms with van der Waals surface area (Å²) in [6.07, 6.45) is 5.43. The molecule has 23 heavy (non-hydrogen) atoms. The summed E-state index contributed by atoms with van der Waals surface area (Å²) < 4.78 is 0. The van der Waals surface area contributed by atoms with E-state index in [4.69, 9.17) is 0 Å². The Labute approximate surface area is 139 Å². The van der Waals surface area contributed by atoms with E-state index in [0.29, 0.717) is 0 Å². The highest BCUT2D eigenvalue weighted by molar-refractivity contribution is 7.99. The number of hydrogen-bond donors (Lipinski definition) is 2. The SMILES string of the molecule is c1ccc2c(c1)[nH]c1nc(SCCC[NH+]3CCCCC3)nnc12. The van der Waals surface area contributed by atoms with E-state index in [1.807, 2.05) is 18.2 Å². The molecule has 0 atom stereocenters. The van der Waals surface area contributed by atoms with Gasteiger partial charge in [-0.1, -0.05) is 30.0 Å². The number of aromatic nitrogens is 4. The molecule has 1 aromatic carbocycles. The molecular formula is C17H22N5S+. The first-order valence-electron chi connectivity index (χ1n) is 8.48. The third-order valence-electron chi connectivity index (χ3n) is 4.57. The molecule has 0 amide bonds. The zero-order valence-electron chi connectivity index (χ0n) is 13.2. The van der Waals surface area contributed by atoms with Crippen molar-refractivity contribution in [2.45, 2.75) is 30.8 Å². The standard InChI is InChI=1S/C17H21N5S/c1-4-9-22(10-5-1)11-6-12-23-17-19-16-15(20-21-17)13-7-2-3-8-14(13)18-16/h2-3,7-8H,1,4-6,9-12H2,(H,18,19,21)/p+1. The number of quaternary nitrogens is 1. The van der Waals surface area contributed by atoms with Crippen LogP contribution >= 0.6 is 11.8 Å². The summed E-state index contributed by atoms with van der Waals surface area (Å²) in [5.41, 5.74) is 2.77. The van der Waals surface area contributed by atoms with Gasteiger partial charge in [-0.3, -0.25) is 0 Å². The Morgan fingerprint density at radius 1 is 1.09 bits per heavy atom. The Morgan fingerprint density at radius 2 is 1.96 bits per heavy atom. The number of thioether (sulfide) groups is 1. The molecule has 6 heteroatoms. The lowest BCUT2D eigenvalue weighted by atomic mass is 10.1. The number of benzene rings is 1. The van der Waals surface area contributed by atoms with Gasteiger partial charge in [-0.15, -0.1) is 10.2 Å². The number of aromatic amines is 1. The van der Waals surface area contributed by atoms with Crippen molar-refractivity contribution in [1.82, 2.24) is 20.2 Å². The summed E-state index contributed by atoms with van der Waals surface area (Å²) in [6.45, 7) is 3.97. The van der Waals surface area contributed by atoms with Crippen molar-refractivity contribution in [3.05, 3.63) is 24.3 Å². The van der Waals surface area contributed by atoms with E-state index < -0.39 is 0 Å². The van der Waals surface area contributed by atoms with E-state index in [1.165, 1.54) is 45.3 Å². The van der Waals surface area contributed by atoms with Gasteiger partial charge in [0.1, 0.15) is 5.52 Å². The number of nitrogens with zero attached hydrogens (tertiary/aromatic N) is 3. The van der Waals surface area contributed by atoms with Gasteiger partial charge in [-0.2, -0.15) is 0 Å². The second-order valence-corrected chi connectivity index (χ2v) is 7.29. The number of nitrogens with one attached hydrogen (secondary N) is 2. The Morgan fingerprint density at radius 3 is 2.87 bits per heavy atom. The zero-order valence-corrected chi connectivity index (χ0v) is 14.0. The van der Waals surface area contributed by atoms with Gasteiger partial charge >= 0.3 is 0 Å². The predicted octanol–water partition coefficient (Wildman–Crippen LogP) is 2.06. The van der Waals surface area contributed by atoms with Crippen LogP contribution < -0.4 is 4.90 Å². The maximum absolute atomic E-state index is 4.62. The normalized spacial score (nSPS) is 16.3. The fourth-order valence-corrected chi connectivity index (χ4v) is 4.08. The van der Waals surface area contributed by atoms with Gasteiger partial charge in [0.05, 0.1) is 19.6 Å². The Hall–Kier alpha value is -1.66. The summed E-state index contributed by atoms with van der Waals surface area (Å²) >= 11 is 1.72. The molecule has 1 aliphatic rings. The number of H-pyrrole nitrogens is 1. The summed E-state index contributed by atoms with van der Waals surface area (Å²) in [7, 11) is 0. The minimum atomic E-state index is 0.776. The van der Waals surface area contributed by atoms with Crippen LogP contribution in [0.1, 0.15) is 25.7 Å². The molecular weight excluding hydrogens is 306 g/mol. The van der Waals surface area contributed by atoms with E-state index >= 15 is 0 Å². The largest absolute Gasteiger partial charge is 0.338 e. The molecule has 1 aliphatic heterocycles. The fraction of sp³-hybridized carbons (Fsp3) is 0.471. The maximum atomic E-state index is 4.62. The van der Waals surface area contributed by atoms with Crippen LogP contribution in [0, 0.1) is 0 Å². The first-order valence-corrected chi connectivity index (χ1v) is 9.46. The molecule has 120 valence electrons. The molecule has 5 nitrogen and oxygen atoms in total. The topological polar surface area (TPSA) is 58.9 Å². The van der Waals surface area contributed by atoms with Crippen LogP contribution in [-0.4, -0.2) is 45.6 Å². The molecule has 0 saturated carbocycles. The lowest BCUT2D eigenvalue weighted by molar-refractivity contribution is -0.904. The number of fused-ring (bicyclic) bond motifs is 3. The van der Waals surface area contributed by atoms with Crippen LogP contribution in [0.25, 0.3) is 22.1 Å². The van der Waals surface area contributed by atoms with Crippen molar-refractivity contribution in [3.63, 3.8) is 0 Å². The van der Waals surface area contributed by atoms with Crippen LogP contribution in [0.2, 0.25) is 0 Å². The van der Waals surface area contributed by atoms with Gasteiger partial charge in [-0.05, 0) is 25.3 Å². The average molecular weight is 328 g/mol. The minimum absolute atomic E-state index is 0.776. The lowest BCUT2D eigenvalue weighted by Crippen LogP contribution is -3.12. The summed E-state index contributed by atoms with van der Waals surface area (Å²) in [5.74, 6) is 1.07. The van der Waals surface area contributed by atoms with E-state index in [0.717, 1.165) is 33.0 Å². The Bertz CT molecular complexity index is 794. The molecule has 3 aromatic rings. The van der Waals surface area contributed by atoms with Crippen molar-refractivity contribution < 1.29 is 4.90 Å². The van der Waals surface area contributed by atoms with Crippen molar-refractivity contribution in [2.75, 3.05) is 25.4 Å². The molecule has 2 N–H and O–H groups in total. The smallest absolute Gasteiger partial charge is 0.211 e. The van der Waals surface area contributed by atoms with E-state index in [1.54, 1.807) is 16.7 Å². The molecule has 0 unspecified atom stereocenters. The number of para-hydroxylation sites is 1. The number of hydrogen-bond acceptors (Lipinski definition) is 4. The van der Waals surface area contributed by atoms with Crippen molar-refractivity contribution >= 4 is 33.8 Å². The van der Waals surface area contributed by atoms with Crippen molar-refractivity contribution in [1.29, 1.82) is 0 Å². The van der Waals surface area contributed by atoms with E-state index in [9.17, 15) is 0 Å². The Kier molecular flexibility index (Phi) is 4.43. The summed E-state index contributed by atoms with van der Waals surface area (Å²) in [5, 5.41) is 10.5. The van der Waals surface area contributed by atoms with Crippen molar-refractivity contribution in [2.24, 2.45) is 0 Å². The van der Waals surface area contributed by atoms with Crippen LogP contribution in [0.15, 0.2) is 29.4 Å². The highest BCUT2D eigenvalue weighted by Gasteiger charge is 2.13.